The SMILES string of the molecule is C=CCC(O)(CC=C)CNS(=O)(=O)c1ccc(NS(=O)(=O)N(C)C)cc1. The molecule has 0 aromatic heterocycles. The molecule has 0 spiro atoms. The van der Waals surface area contributed by atoms with Gasteiger partial charge in [0.1, 0.15) is 0 Å². The van der Waals surface area contributed by atoms with Gasteiger partial charge in [0.05, 0.1) is 10.5 Å². The first-order chi connectivity index (χ1) is 12.0. The maximum absolute atomic E-state index is 12.4. The van der Waals surface area contributed by atoms with Gasteiger partial charge in [-0.15, -0.1) is 13.2 Å². The second-order valence-electron chi connectivity index (χ2n) is 5.95. The van der Waals surface area contributed by atoms with Gasteiger partial charge < -0.3 is 5.11 Å². The molecule has 1 aromatic carbocycles. The minimum Gasteiger partial charge on any atom is -0.388 e. The fourth-order valence-corrected chi connectivity index (χ4v) is 3.76. The fourth-order valence-electron chi connectivity index (χ4n) is 2.02. The summed E-state index contributed by atoms with van der Waals surface area (Å²) in [5.74, 6) is 0. The number of nitrogens with one attached hydrogen (secondary N) is 2. The quantitative estimate of drug-likeness (QED) is 0.478. The summed E-state index contributed by atoms with van der Waals surface area (Å²) < 4.78 is 53.9. The van der Waals surface area contributed by atoms with Crippen LogP contribution in [0.15, 0.2) is 54.5 Å². The Bertz CT molecular complexity index is 821. The summed E-state index contributed by atoms with van der Waals surface area (Å²) in [6.07, 6.45) is 3.41. The van der Waals surface area contributed by atoms with E-state index in [1.54, 1.807) is 0 Å². The molecule has 0 unspecified atom stereocenters. The third kappa shape index (κ3) is 6.22. The molecule has 0 saturated carbocycles. The molecule has 26 heavy (non-hydrogen) atoms. The molecule has 0 atom stereocenters. The van der Waals surface area contributed by atoms with Crippen LogP contribution in [-0.2, 0) is 20.2 Å². The van der Waals surface area contributed by atoms with E-state index in [1.807, 2.05) is 0 Å². The van der Waals surface area contributed by atoms with Crippen LogP contribution in [0.4, 0.5) is 5.69 Å². The number of anilines is 1. The van der Waals surface area contributed by atoms with Crippen molar-refractivity contribution in [2.45, 2.75) is 23.3 Å². The van der Waals surface area contributed by atoms with Gasteiger partial charge >= 0.3 is 10.2 Å². The zero-order valence-electron chi connectivity index (χ0n) is 14.8. The summed E-state index contributed by atoms with van der Waals surface area (Å²) in [5, 5.41) is 10.4. The van der Waals surface area contributed by atoms with Crippen LogP contribution in [0.1, 0.15) is 12.8 Å². The predicted molar refractivity (Wildman–Crippen MR) is 102 cm³/mol. The van der Waals surface area contributed by atoms with Gasteiger partial charge in [0.15, 0.2) is 0 Å². The Hall–Kier alpha value is -1.72. The Kier molecular flexibility index (Phi) is 7.54. The Morgan fingerprint density at radius 2 is 1.58 bits per heavy atom. The van der Waals surface area contributed by atoms with E-state index in [2.05, 4.69) is 22.6 Å². The number of sulfonamides is 1. The molecule has 146 valence electrons. The van der Waals surface area contributed by atoms with Crippen molar-refractivity contribution in [2.24, 2.45) is 0 Å². The summed E-state index contributed by atoms with van der Waals surface area (Å²) in [6, 6.07) is 5.23. The maximum atomic E-state index is 12.4. The third-order valence-electron chi connectivity index (χ3n) is 3.53. The first-order valence-corrected chi connectivity index (χ1v) is 10.6. The van der Waals surface area contributed by atoms with Crippen molar-refractivity contribution >= 4 is 25.9 Å². The second-order valence-corrected chi connectivity index (χ2v) is 9.60. The van der Waals surface area contributed by atoms with Crippen molar-refractivity contribution in [3.05, 3.63) is 49.6 Å². The van der Waals surface area contributed by atoms with Gasteiger partial charge in [0, 0.05) is 26.3 Å². The second kappa shape index (κ2) is 8.78. The van der Waals surface area contributed by atoms with Crippen LogP contribution in [0.5, 0.6) is 0 Å². The van der Waals surface area contributed by atoms with E-state index in [9.17, 15) is 21.9 Å². The average molecular weight is 404 g/mol. The van der Waals surface area contributed by atoms with Crippen molar-refractivity contribution in [1.29, 1.82) is 0 Å². The molecule has 0 saturated heterocycles. The van der Waals surface area contributed by atoms with E-state index in [0.717, 1.165) is 4.31 Å². The number of hydrogen-bond donors (Lipinski definition) is 3. The molecule has 0 fully saturated rings. The van der Waals surface area contributed by atoms with E-state index in [0.29, 0.717) is 0 Å². The zero-order valence-corrected chi connectivity index (χ0v) is 16.5. The molecule has 1 aromatic rings. The smallest absolute Gasteiger partial charge is 0.301 e. The van der Waals surface area contributed by atoms with Gasteiger partial charge in [0.2, 0.25) is 10.0 Å². The number of hydrogen-bond acceptors (Lipinski definition) is 5. The molecule has 0 bridgehead atoms. The Morgan fingerprint density at radius 1 is 1.08 bits per heavy atom. The van der Waals surface area contributed by atoms with E-state index >= 15 is 0 Å². The highest BCUT2D eigenvalue weighted by Gasteiger charge is 2.27. The van der Waals surface area contributed by atoms with Crippen molar-refractivity contribution < 1.29 is 21.9 Å². The number of nitrogens with zero attached hydrogens (tertiary/aromatic N) is 1. The molecule has 0 aliphatic rings. The standard InChI is InChI=1S/C16H25N3O5S2/c1-5-11-16(20,12-6-2)13-17-25(21,22)15-9-7-14(8-10-15)18-26(23,24)19(3)4/h5-10,17-18,20H,1-2,11-13H2,3-4H3. The van der Waals surface area contributed by atoms with Crippen molar-refractivity contribution in [2.75, 3.05) is 25.4 Å². The Labute approximate surface area is 155 Å². The molecule has 0 heterocycles. The largest absolute Gasteiger partial charge is 0.388 e. The lowest BCUT2D eigenvalue weighted by Gasteiger charge is -2.25. The molecule has 8 nitrogen and oxygen atoms in total. The molecular weight excluding hydrogens is 378 g/mol. The first-order valence-electron chi connectivity index (χ1n) is 7.70. The lowest BCUT2D eigenvalue weighted by Crippen LogP contribution is -2.42. The van der Waals surface area contributed by atoms with E-state index in [-0.39, 0.29) is 30.0 Å². The highest BCUT2D eigenvalue weighted by Crippen LogP contribution is 2.19. The monoisotopic (exact) mass is 403 g/mol. The van der Waals surface area contributed by atoms with Gasteiger partial charge in [-0.05, 0) is 37.1 Å². The highest BCUT2D eigenvalue weighted by atomic mass is 32.2. The van der Waals surface area contributed by atoms with Crippen LogP contribution in [0.25, 0.3) is 0 Å². The van der Waals surface area contributed by atoms with Gasteiger partial charge in [-0.3, -0.25) is 4.72 Å². The highest BCUT2D eigenvalue weighted by molar-refractivity contribution is 7.90. The van der Waals surface area contributed by atoms with Crippen LogP contribution in [0.2, 0.25) is 0 Å². The molecule has 10 heteroatoms. The van der Waals surface area contributed by atoms with Gasteiger partial charge in [0.25, 0.3) is 0 Å². The van der Waals surface area contributed by atoms with Crippen LogP contribution in [0, 0.1) is 0 Å². The van der Waals surface area contributed by atoms with Crippen LogP contribution < -0.4 is 9.44 Å². The summed E-state index contributed by atoms with van der Waals surface area (Å²) in [7, 11) is -4.80. The van der Waals surface area contributed by atoms with Crippen molar-refractivity contribution in [3.8, 4) is 0 Å². The molecule has 0 amide bonds. The van der Waals surface area contributed by atoms with Gasteiger partial charge in [-0.25, -0.2) is 13.1 Å². The summed E-state index contributed by atoms with van der Waals surface area (Å²) in [5.41, 5.74) is -1.08. The predicted octanol–water partition coefficient (Wildman–Crippen LogP) is 1.07. The fraction of sp³-hybridized carbons (Fsp3) is 0.375. The Morgan fingerprint density at radius 3 is 2.00 bits per heavy atom. The lowest BCUT2D eigenvalue weighted by atomic mass is 9.96. The summed E-state index contributed by atoms with van der Waals surface area (Å²) >= 11 is 0. The molecule has 0 aliphatic carbocycles. The van der Waals surface area contributed by atoms with Gasteiger partial charge in [-0.1, -0.05) is 12.2 Å². The first kappa shape index (κ1) is 22.3. The number of aliphatic hydroxyl groups is 1. The van der Waals surface area contributed by atoms with Crippen molar-refractivity contribution in [1.82, 2.24) is 9.03 Å². The molecule has 0 radical (unpaired) electrons. The lowest BCUT2D eigenvalue weighted by molar-refractivity contribution is 0.0517. The van der Waals surface area contributed by atoms with Crippen molar-refractivity contribution in [3.63, 3.8) is 0 Å². The third-order valence-corrected chi connectivity index (χ3v) is 6.40. The minimum atomic E-state index is -3.87. The van der Waals surface area contributed by atoms with Crippen LogP contribution in [-0.4, -0.2) is 52.5 Å². The van der Waals surface area contributed by atoms with E-state index in [4.69, 9.17) is 0 Å². The summed E-state index contributed by atoms with van der Waals surface area (Å²) in [6.45, 7) is 6.90. The van der Waals surface area contributed by atoms with E-state index < -0.39 is 25.8 Å². The topological polar surface area (TPSA) is 116 Å². The Balaban J connectivity index is 2.90. The maximum Gasteiger partial charge on any atom is 0.301 e. The molecule has 0 aliphatic heterocycles. The van der Waals surface area contributed by atoms with E-state index in [1.165, 1.54) is 50.5 Å². The summed E-state index contributed by atoms with van der Waals surface area (Å²) in [4.78, 5) is -0.0511. The van der Waals surface area contributed by atoms with Crippen LogP contribution in [0.3, 0.4) is 0 Å². The van der Waals surface area contributed by atoms with Crippen LogP contribution >= 0.6 is 0 Å². The van der Waals surface area contributed by atoms with Gasteiger partial charge in [-0.2, -0.15) is 12.7 Å². The average Bonchev–Trinajstić information content (AvgIpc) is 2.54. The molecule has 3 N–H and O–H groups in total. The minimum absolute atomic E-state index is 0.0511. The molecular formula is C16H25N3O5S2. The normalized spacial score (nSPS) is 12.8. The zero-order chi connectivity index (χ0) is 20.0. The number of benzene rings is 1. The number of rotatable bonds is 11. The molecule has 1 rings (SSSR count).